The quantitative estimate of drug-likeness (QED) is 0.745. The minimum absolute atomic E-state index is 0.687. The summed E-state index contributed by atoms with van der Waals surface area (Å²) in [4.78, 5) is 5.51. The van der Waals surface area contributed by atoms with E-state index in [1.807, 2.05) is 56.3 Å². The molecule has 0 aliphatic rings. The van der Waals surface area contributed by atoms with Gasteiger partial charge in [-0.3, -0.25) is 0 Å². The lowest BCUT2D eigenvalue weighted by Gasteiger charge is -1.89. The van der Waals surface area contributed by atoms with Gasteiger partial charge in [-0.1, -0.05) is 36.4 Å². The molecule has 2 nitrogen and oxygen atoms in total. The van der Waals surface area contributed by atoms with Crippen LogP contribution in [0, 0.1) is 25.2 Å². The van der Waals surface area contributed by atoms with Crippen molar-refractivity contribution < 1.29 is 0 Å². The fourth-order valence-corrected chi connectivity index (χ4v) is 2.62. The predicted octanol–water partition coefficient (Wildman–Crippen LogP) is 4.65. The van der Waals surface area contributed by atoms with Gasteiger partial charge in [-0.2, -0.15) is 5.26 Å². The van der Waals surface area contributed by atoms with Crippen molar-refractivity contribution in [3.63, 3.8) is 0 Å². The monoisotopic (exact) mass is 266 g/mol. The lowest BCUT2D eigenvalue weighted by atomic mass is 10.2. The number of nitriles is 1. The average molecular weight is 266 g/mol. The first-order valence-corrected chi connectivity index (χ1v) is 6.80. The van der Waals surface area contributed by atoms with Gasteiger partial charge < -0.3 is 0 Å². The topological polar surface area (TPSA) is 36.1 Å². The maximum Gasteiger partial charge on any atom is 0.134 e. The minimum atomic E-state index is 0.687. The third-order valence-electron chi connectivity index (χ3n) is 2.84. The van der Waals surface area contributed by atoms with Crippen molar-refractivity contribution in [2.24, 2.45) is 4.99 Å². The van der Waals surface area contributed by atoms with E-state index in [0.29, 0.717) is 5.56 Å². The standard InChI is InChI=1S/C16H14N2S/c1-12-13(2)19-16(15(12)11-17)18-10-6-9-14-7-4-3-5-8-14/h3-10H,1-2H3/b9-6+,18-10+. The highest BCUT2D eigenvalue weighted by molar-refractivity contribution is 7.16. The summed E-state index contributed by atoms with van der Waals surface area (Å²) in [5.74, 6) is 0. The largest absolute Gasteiger partial charge is 0.245 e. The molecule has 2 rings (SSSR count). The number of benzene rings is 1. The van der Waals surface area contributed by atoms with Crippen molar-refractivity contribution in [3.8, 4) is 6.07 Å². The summed E-state index contributed by atoms with van der Waals surface area (Å²) in [6.07, 6.45) is 5.61. The molecule has 0 saturated heterocycles. The average Bonchev–Trinajstić information content (AvgIpc) is 2.71. The second kappa shape index (κ2) is 6.12. The highest BCUT2D eigenvalue weighted by Gasteiger charge is 2.10. The number of hydrogen-bond acceptors (Lipinski definition) is 3. The van der Waals surface area contributed by atoms with E-state index < -0.39 is 0 Å². The zero-order chi connectivity index (χ0) is 13.7. The summed E-state index contributed by atoms with van der Waals surface area (Å²) in [5, 5.41) is 9.90. The minimum Gasteiger partial charge on any atom is -0.245 e. The van der Waals surface area contributed by atoms with E-state index in [0.717, 1.165) is 21.0 Å². The molecule has 2 aromatic rings. The Kier molecular flexibility index (Phi) is 4.27. The van der Waals surface area contributed by atoms with Gasteiger partial charge in [-0.25, -0.2) is 4.99 Å². The van der Waals surface area contributed by atoms with Gasteiger partial charge in [0.15, 0.2) is 0 Å². The molecule has 0 bridgehead atoms. The molecule has 1 heterocycles. The summed E-state index contributed by atoms with van der Waals surface area (Å²) < 4.78 is 0. The van der Waals surface area contributed by atoms with Crippen molar-refractivity contribution >= 4 is 28.6 Å². The smallest absolute Gasteiger partial charge is 0.134 e. The van der Waals surface area contributed by atoms with Gasteiger partial charge in [0.05, 0.1) is 5.56 Å². The summed E-state index contributed by atoms with van der Waals surface area (Å²) in [6, 6.07) is 12.3. The molecule has 0 fully saturated rings. The SMILES string of the molecule is Cc1sc(/N=C/C=C/c2ccccc2)c(C#N)c1C. The number of hydrogen-bond donors (Lipinski definition) is 0. The first-order chi connectivity index (χ1) is 9.22. The van der Waals surface area contributed by atoms with Crippen LogP contribution in [0.15, 0.2) is 41.4 Å². The van der Waals surface area contributed by atoms with Gasteiger partial charge in [0, 0.05) is 11.1 Å². The number of thiophene rings is 1. The first kappa shape index (κ1) is 13.3. The molecule has 0 saturated carbocycles. The zero-order valence-electron chi connectivity index (χ0n) is 10.9. The second-order valence-electron chi connectivity index (χ2n) is 4.12. The van der Waals surface area contributed by atoms with Gasteiger partial charge in [0.2, 0.25) is 0 Å². The Labute approximate surface area is 117 Å². The molecule has 94 valence electrons. The predicted molar refractivity (Wildman–Crippen MR) is 82.1 cm³/mol. The highest BCUT2D eigenvalue weighted by atomic mass is 32.1. The molecule has 19 heavy (non-hydrogen) atoms. The summed E-state index contributed by atoms with van der Waals surface area (Å²) in [7, 11) is 0. The Morgan fingerprint density at radius 3 is 2.63 bits per heavy atom. The molecule has 0 amide bonds. The number of aryl methyl sites for hydroxylation is 1. The van der Waals surface area contributed by atoms with Gasteiger partial charge in [0.25, 0.3) is 0 Å². The molecular weight excluding hydrogens is 252 g/mol. The van der Waals surface area contributed by atoms with Gasteiger partial charge >= 0.3 is 0 Å². The molecule has 1 aromatic carbocycles. The number of allylic oxidation sites excluding steroid dienone is 1. The van der Waals surface area contributed by atoms with E-state index in [2.05, 4.69) is 11.1 Å². The van der Waals surface area contributed by atoms with Crippen molar-refractivity contribution in [2.75, 3.05) is 0 Å². The molecule has 0 unspecified atom stereocenters. The molecule has 0 N–H and O–H groups in total. The molecule has 0 aliphatic carbocycles. The van der Waals surface area contributed by atoms with Crippen LogP contribution in [0.2, 0.25) is 0 Å². The van der Waals surface area contributed by atoms with E-state index in [4.69, 9.17) is 5.26 Å². The molecule has 3 heteroatoms. The molecular formula is C16H14N2S. The van der Waals surface area contributed by atoms with Crippen LogP contribution >= 0.6 is 11.3 Å². The summed E-state index contributed by atoms with van der Waals surface area (Å²) >= 11 is 1.56. The Hall–Kier alpha value is -2.18. The first-order valence-electron chi connectivity index (χ1n) is 5.98. The lowest BCUT2D eigenvalue weighted by Crippen LogP contribution is -1.75. The van der Waals surface area contributed by atoms with Crippen molar-refractivity contribution in [1.29, 1.82) is 5.26 Å². The van der Waals surface area contributed by atoms with Crippen LogP contribution in [0.1, 0.15) is 21.6 Å². The van der Waals surface area contributed by atoms with E-state index in [1.54, 1.807) is 17.6 Å². The van der Waals surface area contributed by atoms with Crippen LogP contribution in [-0.4, -0.2) is 6.21 Å². The van der Waals surface area contributed by atoms with Crippen LogP contribution in [0.4, 0.5) is 5.00 Å². The number of aliphatic imine (C=N–C) groups is 1. The molecule has 1 aromatic heterocycles. The van der Waals surface area contributed by atoms with Gasteiger partial charge in [-0.15, -0.1) is 11.3 Å². The summed E-state index contributed by atoms with van der Waals surface area (Å²) in [6.45, 7) is 3.98. The molecule has 0 spiro atoms. The second-order valence-corrected chi connectivity index (χ2v) is 5.33. The van der Waals surface area contributed by atoms with Crippen molar-refractivity contribution in [3.05, 3.63) is 58.0 Å². The Bertz CT molecular complexity index is 658. The van der Waals surface area contributed by atoms with E-state index in [9.17, 15) is 0 Å². The number of nitrogens with zero attached hydrogens (tertiary/aromatic N) is 2. The van der Waals surface area contributed by atoms with E-state index in [1.165, 1.54) is 0 Å². The van der Waals surface area contributed by atoms with Crippen molar-refractivity contribution in [2.45, 2.75) is 13.8 Å². The Balaban J connectivity index is 2.14. The summed E-state index contributed by atoms with van der Waals surface area (Å²) in [5.41, 5.74) is 2.85. The van der Waals surface area contributed by atoms with E-state index >= 15 is 0 Å². The van der Waals surface area contributed by atoms with Crippen LogP contribution < -0.4 is 0 Å². The van der Waals surface area contributed by atoms with E-state index in [-0.39, 0.29) is 0 Å². The maximum atomic E-state index is 9.11. The van der Waals surface area contributed by atoms with Crippen molar-refractivity contribution in [1.82, 2.24) is 0 Å². The molecule has 0 aliphatic heterocycles. The lowest BCUT2D eigenvalue weighted by molar-refractivity contribution is 1.38. The normalized spacial score (nSPS) is 11.2. The van der Waals surface area contributed by atoms with Crippen LogP contribution in [0.25, 0.3) is 6.08 Å². The third kappa shape index (κ3) is 3.18. The van der Waals surface area contributed by atoms with Crippen LogP contribution in [0.5, 0.6) is 0 Å². The highest BCUT2D eigenvalue weighted by Crippen LogP contribution is 2.33. The van der Waals surface area contributed by atoms with Gasteiger partial charge in [0.1, 0.15) is 11.1 Å². The Morgan fingerprint density at radius 2 is 1.95 bits per heavy atom. The van der Waals surface area contributed by atoms with Crippen LogP contribution in [0.3, 0.4) is 0 Å². The molecule has 0 radical (unpaired) electrons. The third-order valence-corrected chi connectivity index (χ3v) is 3.96. The fourth-order valence-electron chi connectivity index (χ4n) is 1.66. The number of rotatable bonds is 3. The van der Waals surface area contributed by atoms with Gasteiger partial charge in [-0.05, 0) is 31.1 Å². The Morgan fingerprint density at radius 1 is 1.21 bits per heavy atom. The zero-order valence-corrected chi connectivity index (χ0v) is 11.7. The van der Waals surface area contributed by atoms with Crippen LogP contribution in [-0.2, 0) is 0 Å². The maximum absolute atomic E-state index is 9.11. The molecule has 0 atom stereocenters. The fraction of sp³-hybridized carbons (Fsp3) is 0.125.